The van der Waals surface area contributed by atoms with E-state index in [0.29, 0.717) is 5.82 Å². The lowest BCUT2D eigenvalue weighted by molar-refractivity contribution is 0.203. The molecule has 0 atom stereocenters. The van der Waals surface area contributed by atoms with E-state index in [0.717, 1.165) is 10.1 Å². The van der Waals surface area contributed by atoms with Crippen molar-refractivity contribution < 1.29 is 10.2 Å². The number of aliphatic hydroxyl groups is 2. The topological polar surface area (TPSA) is 65.4 Å². The van der Waals surface area contributed by atoms with Crippen LogP contribution in [0.4, 0.5) is 5.82 Å². The van der Waals surface area contributed by atoms with Crippen LogP contribution in [0.15, 0.2) is 23.7 Å². The van der Waals surface area contributed by atoms with Crippen molar-refractivity contribution in [3.8, 4) is 0 Å². The van der Waals surface area contributed by atoms with Crippen LogP contribution < -0.4 is 5.32 Å². The lowest BCUT2D eigenvalue weighted by Crippen LogP contribution is -2.28. The van der Waals surface area contributed by atoms with Gasteiger partial charge in [0, 0.05) is 16.3 Å². The Morgan fingerprint density at radius 2 is 2.13 bits per heavy atom. The zero-order valence-corrected chi connectivity index (χ0v) is 8.87. The quantitative estimate of drug-likeness (QED) is 0.726. The minimum absolute atomic E-state index is 0.112. The number of rotatable bonds is 4. The molecule has 2 aromatic heterocycles. The molecule has 2 aromatic rings. The second-order valence-corrected chi connectivity index (χ2v) is 4.15. The summed E-state index contributed by atoms with van der Waals surface area (Å²) in [5.41, 5.74) is 0. The van der Waals surface area contributed by atoms with Crippen LogP contribution in [0.5, 0.6) is 0 Å². The molecular weight excluding hydrogens is 212 g/mol. The highest BCUT2D eigenvalue weighted by atomic mass is 32.1. The zero-order valence-electron chi connectivity index (χ0n) is 8.05. The van der Waals surface area contributed by atoms with Gasteiger partial charge >= 0.3 is 0 Å². The number of nitrogens with zero attached hydrogens (tertiary/aromatic N) is 1. The summed E-state index contributed by atoms with van der Waals surface area (Å²) in [6.07, 6.45) is 1.72. The van der Waals surface area contributed by atoms with Crippen LogP contribution in [0.25, 0.3) is 10.1 Å². The summed E-state index contributed by atoms with van der Waals surface area (Å²) >= 11 is 1.64. The predicted octanol–water partition coefficient (Wildman–Crippen LogP) is 1.06. The van der Waals surface area contributed by atoms with Crippen LogP contribution in [0.2, 0.25) is 0 Å². The first kappa shape index (κ1) is 10.4. The molecule has 0 radical (unpaired) electrons. The van der Waals surface area contributed by atoms with Gasteiger partial charge in [-0.05, 0) is 17.5 Å². The third kappa shape index (κ3) is 2.09. The Hall–Kier alpha value is -1.17. The van der Waals surface area contributed by atoms with Gasteiger partial charge in [-0.15, -0.1) is 11.3 Å². The van der Waals surface area contributed by atoms with Crippen molar-refractivity contribution in [2.75, 3.05) is 18.5 Å². The van der Waals surface area contributed by atoms with Gasteiger partial charge in [0.05, 0.1) is 19.3 Å². The Kier molecular flexibility index (Phi) is 3.15. The normalized spacial score (nSPS) is 11.1. The molecular formula is C10H12N2O2S. The summed E-state index contributed by atoms with van der Waals surface area (Å²) in [5, 5.41) is 23.9. The van der Waals surface area contributed by atoms with E-state index in [1.165, 1.54) is 0 Å². The van der Waals surface area contributed by atoms with Gasteiger partial charge < -0.3 is 15.5 Å². The fourth-order valence-corrected chi connectivity index (χ4v) is 2.13. The summed E-state index contributed by atoms with van der Waals surface area (Å²) < 4.78 is 1.14. The lowest BCUT2D eigenvalue weighted by atomic mass is 10.3. The van der Waals surface area contributed by atoms with E-state index in [4.69, 9.17) is 10.2 Å². The first-order chi connectivity index (χ1) is 7.35. The third-order valence-corrected chi connectivity index (χ3v) is 3.04. The van der Waals surface area contributed by atoms with Crippen molar-refractivity contribution in [2.45, 2.75) is 6.04 Å². The van der Waals surface area contributed by atoms with Crippen LogP contribution >= 0.6 is 11.3 Å². The predicted molar refractivity (Wildman–Crippen MR) is 61.2 cm³/mol. The van der Waals surface area contributed by atoms with Crippen molar-refractivity contribution in [1.82, 2.24) is 4.98 Å². The first-order valence-electron chi connectivity index (χ1n) is 4.65. The molecule has 80 valence electrons. The van der Waals surface area contributed by atoms with Crippen LogP contribution in [-0.2, 0) is 0 Å². The summed E-state index contributed by atoms with van der Waals surface area (Å²) in [6.45, 7) is -0.225. The third-order valence-electron chi connectivity index (χ3n) is 2.16. The van der Waals surface area contributed by atoms with Crippen molar-refractivity contribution in [3.05, 3.63) is 23.7 Å². The van der Waals surface area contributed by atoms with Gasteiger partial charge in [-0.3, -0.25) is 0 Å². The fraction of sp³-hybridized carbons (Fsp3) is 0.300. The molecule has 0 aliphatic carbocycles. The van der Waals surface area contributed by atoms with Crippen LogP contribution in [0.3, 0.4) is 0 Å². The second kappa shape index (κ2) is 4.57. The number of hydrogen-bond donors (Lipinski definition) is 3. The van der Waals surface area contributed by atoms with Crippen LogP contribution in [0, 0.1) is 0 Å². The molecule has 0 saturated carbocycles. The molecule has 0 aromatic carbocycles. The molecule has 15 heavy (non-hydrogen) atoms. The van der Waals surface area contributed by atoms with Crippen LogP contribution in [-0.4, -0.2) is 34.5 Å². The maximum Gasteiger partial charge on any atom is 0.135 e. The largest absolute Gasteiger partial charge is 0.394 e. The van der Waals surface area contributed by atoms with Crippen molar-refractivity contribution in [2.24, 2.45) is 0 Å². The van der Waals surface area contributed by atoms with E-state index < -0.39 is 0 Å². The average molecular weight is 224 g/mol. The zero-order chi connectivity index (χ0) is 10.7. The van der Waals surface area contributed by atoms with Gasteiger partial charge in [-0.1, -0.05) is 0 Å². The molecule has 2 heterocycles. The summed E-state index contributed by atoms with van der Waals surface area (Å²) in [5.74, 6) is 0.710. The lowest BCUT2D eigenvalue weighted by Gasteiger charge is -2.14. The summed E-state index contributed by atoms with van der Waals surface area (Å²) in [7, 11) is 0. The second-order valence-electron chi connectivity index (χ2n) is 3.20. The highest BCUT2D eigenvalue weighted by Crippen LogP contribution is 2.25. The SMILES string of the molecule is OCC(CO)Nc1nccc2sccc12. The van der Waals surface area contributed by atoms with E-state index in [2.05, 4.69) is 10.3 Å². The van der Waals surface area contributed by atoms with Crippen molar-refractivity contribution in [3.63, 3.8) is 0 Å². The van der Waals surface area contributed by atoms with Gasteiger partial charge in [0.15, 0.2) is 0 Å². The molecule has 2 rings (SSSR count). The number of pyridine rings is 1. The molecule has 0 unspecified atom stereocenters. The number of anilines is 1. The molecule has 0 amide bonds. The maximum atomic E-state index is 8.96. The number of thiophene rings is 1. The molecule has 3 N–H and O–H groups in total. The van der Waals surface area contributed by atoms with E-state index in [1.807, 2.05) is 17.5 Å². The van der Waals surface area contributed by atoms with E-state index in [1.54, 1.807) is 17.5 Å². The monoisotopic (exact) mass is 224 g/mol. The first-order valence-corrected chi connectivity index (χ1v) is 5.53. The number of fused-ring (bicyclic) bond motifs is 1. The Balaban J connectivity index is 2.30. The molecule has 0 saturated heterocycles. The van der Waals surface area contributed by atoms with Gasteiger partial charge in [0.25, 0.3) is 0 Å². The van der Waals surface area contributed by atoms with Crippen LogP contribution in [0.1, 0.15) is 0 Å². The molecule has 0 aliphatic rings. The molecule has 0 spiro atoms. The van der Waals surface area contributed by atoms with Gasteiger partial charge in [-0.2, -0.15) is 0 Å². The highest BCUT2D eigenvalue weighted by Gasteiger charge is 2.09. The van der Waals surface area contributed by atoms with E-state index >= 15 is 0 Å². The minimum Gasteiger partial charge on any atom is -0.394 e. The molecule has 5 heteroatoms. The fourth-order valence-electron chi connectivity index (χ4n) is 1.35. The molecule has 0 fully saturated rings. The number of aromatic nitrogens is 1. The van der Waals surface area contributed by atoms with Crippen molar-refractivity contribution >= 4 is 27.2 Å². The van der Waals surface area contributed by atoms with Gasteiger partial charge in [-0.25, -0.2) is 4.98 Å². The van der Waals surface area contributed by atoms with E-state index in [-0.39, 0.29) is 19.3 Å². The Morgan fingerprint density at radius 1 is 1.33 bits per heavy atom. The van der Waals surface area contributed by atoms with E-state index in [9.17, 15) is 0 Å². The summed E-state index contributed by atoms with van der Waals surface area (Å²) in [6, 6.07) is 3.56. The van der Waals surface area contributed by atoms with Crippen molar-refractivity contribution in [1.29, 1.82) is 0 Å². The molecule has 0 bridgehead atoms. The van der Waals surface area contributed by atoms with Gasteiger partial charge in [0.1, 0.15) is 5.82 Å². The molecule has 0 aliphatic heterocycles. The standard InChI is InChI=1S/C10H12N2O2S/c13-5-7(6-14)12-10-8-2-4-15-9(8)1-3-11-10/h1-4,7,13-14H,5-6H2,(H,11,12). The number of aliphatic hydroxyl groups excluding tert-OH is 2. The highest BCUT2D eigenvalue weighted by molar-refractivity contribution is 7.17. The average Bonchev–Trinajstić information content (AvgIpc) is 2.74. The maximum absolute atomic E-state index is 8.96. The van der Waals surface area contributed by atoms with Gasteiger partial charge in [0.2, 0.25) is 0 Å². The summed E-state index contributed by atoms with van der Waals surface area (Å²) in [4.78, 5) is 4.19. The minimum atomic E-state index is -0.358. The molecule has 4 nitrogen and oxygen atoms in total. The Labute approximate surface area is 91.2 Å². The number of nitrogens with one attached hydrogen (secondary N) is 1. The smallest absolute Gasteiger partial charge is 0.135 e. The Bertz CT molecular complexity index is 440. The number of hydrogen-bond acceptors (Lipinski definition) is 5. The Morgan fingerprint density at radius 3 is 2.87 bits per heavy atom.